The van der Waals surface area contributed by atoms with E-state index in [2.05, 4.69) is 51.7 Å². The number of rotatable bonds is 7. The first-order valence-electron chi connectivity index (χ1n) is 10.6. The third kappa shape index (κ3) is 5.01. The molecule has 29 heavy (non-hydrogen) atoms. The zero-order chi connectivity index (χ0) is 20.1. The second-order valence-corrected chi connectivity index (χ2v) is 7.95. The first-order chi connectivity index (χ1) is 14.2. The number of hydrogen-bond acceptors (Lipinski definition) is 4. The summed E-state index contributed by atoms with van der Waals surface area (Å²) in [4.78, 5) is 15.0. The van der Waals surface area contributed by atoms with Crippen LogP contribution in [0, 0.1) is 6.92 Å². The zero-order valence-electron chi connectivity index (χ0n) is 17.1. The van der Waals surface area contributed by atoms with Crippen molar-refractivity contribution >= 4 is 16.9 Å². The molecule has 0 bridgehead atoms. The molecular weight excluding hydrogens is 362 g/mol. The van der Waals surface area contributed by atoms with Crippen molar-refractivity contribution in [2.24, 2.45) is 0 Å². The van der Waals surface area contributed by atoms with E-state index < -0.39 is 0 Å². The van der Waals surface area contributed by atoms with Crippen molar-refractivity contribution in [3.63, 3.8) is 0 Å². The van der Waals surface area contributed by atoms with Gasteiger partial charge in [0.2, 0.25) is 0 Å². The molecule has 0 unspecified atom stereocenters. The van der Waals surface area contributed by atoms with Gasteiger partial charge in [-0.25, -0.2) is 4.68 Å². The van der Waals surface area contributed by atoms with Crippen molar-refractivity contribution in [3.05, 3.63) is 59.2 Å². The number of fused-ring (bicyclic) bond motifs is 1. The van der Waals surface area contributed by atoms with Gasteiger partial charge in [-0.15, -0.1) is 5.10 Å². The summed E-state index contributed by atoms with van der Waals surface area (Å²) in [7, 11) is 0. The lowest BCUT2D eigenvalue weighted by atomic mass is 10.1. The number of carbonyl (C=O) groups is 1. The minimum atomic E-state index is -0.0429. The molecule has 1 amide bonds. The Morgan fingerprint density at radius 2 is 1.86 bits per heavy atom. The van der Waals surface area contributed by atoms with Gasteiger partial charge >= 0.3 is 0 Å². The Bertz CT molecular complexity index is 957. The number of amides is 1. The van der Waals surface area contributed by atoms with Crippen molar-refractivity contribution < 1.29 is 4.79 Å². The number of aryl methyl sites for hydroxylation is 1. The summed E-state index contributed by atoms with van der Waals surface area (Å²) in [6.45, 7) is 6.90. The zero-order valence-corrected chi connectivity index (χ0v) is 17.1. The van der Waals surface area contributed by atoms with Crippen LogP contribution in [0.4, 0.5) is 0 Å². The average molecular weight is 392 g/mol. The predicted octanol–water partition coefficient (Wildman–Crippen LogP) is 3.39. The minimum Gasteiger partial charge on any atom is -0.352 e. The SMILES string of the molecule is Cc1ccc(Cn2nnc3cc(C(=O)NCCCN4CCCCC4)ccc32)cc1. The molecule has 1 saturated heterocycles. The van der Waals surface area contributed by atoms with E-state index in [1.54, 1.807) is 0 Å². The van der Waals surface area contributed by atoms with Gasteiger partial charge in [0, 0.05) is 12.1 Å². The fourth-order valence-corrected chi connectivity index (χ4v) is 3.89. The van der Waals surface area contributed by atoms with E-state index in [4.69, 9.17) is 0 Å². The number of nitrogens with zero attached hydrogens (tertiary/aromatic N) is 4. The fraction of sp³-hybridized carbons (Fsp3) is 0.435. The number of benzene rings is 2. The lowest BCUT2D eigenvalue weighted by Crippen LogP contribution is -2.33. The molecule has 2 heterocycles. The molecule has 1 fully saturated rings. The van der Waals surface area contributed by atoms with Crippen molar-refractivity contribution in [2.45, 2.75) is 39.2 Å². The molecule has 0 radical (unpaired) electrons. The number of hydrogen-bond donors (Lipinski definition) is 1. The highest BCUT2D eigenvalue weighted by Crippen LogP contribution is 2.15. The molecule has 152 valence electrons. The van der Waals surface area contributed by atoms with Gasteiger partial charge < -0.3 is 10.2 Å². The summed E-state index contributed by atoms with van der Waals surface area (Å²) in [6.07, 6.45) is 4.94. The summed E-state index contributed by atoms with van der Waals surface area (Å²) >= 11 is 0. The van der Waals surface area contributed by atoms with E-state index in [1.165, 1.54) is 43.5 Å². The maximum atomic E-state index is 12.5. The largest absolute Gasteiger partial charge is 0.352 e. The lowest BCUT2D eigenvalue weighted by Gasteiger charge is -2.26. The summed E-state index contributed by atoms with van der Waals surface area (Å²) in [5, 5.41) is 11.6. The summed E-state index contributed by atoms with van der Waals surface area (Å²) in [6, 6.07) is 14.0. The van der Waals surface area contributed by atoms with Crippen LogP contribution < -0.4 is 5.32 Å². The third-order valence-electron chi connectivity index (χ3n) is 5.61. The van der Waals surface area contributed by atoms with Crippen LogP contribution in [-0.4, -0.2) is 52.0 Å². The van der Waals surface area contributed by atoms with E-state index in [0.29, 0.717) is 18.7 Å². The average Bonchev–Trinajstić information content (AvgIpc) is 3.15. The quantitative estimate of drug-likeness (QED) is 0.627. The molecule has 6 nitrogen and oxygen atoms in total. The van der Waals surface area contributed by atoms with Crippen LogP contribution in [0.1, 0.15) is 47.2 Å². The van der Waals surface area contributed by atoms with Gasteiger partial charge in [0.1, 0.15) is 5.52 Å². The Balaban J connectivity index is 1.33. The van der Waals surface area contributed by atoms with Crippen LogP contribution in [0.25, 0.3) is 11.0 Å². The molecule has 0 saturated carbocycles. The minimum absolute atomic E-state index is 0.0429. The Hall–Kier alpha value is -2.73. The van der Waals surface area contributed by atoms with Crippen LogP contribution in [0.2, 0.25) is 0 Å². The normalized spacial score (nSPS) is 14.9. The van der Waals surface area contributed by atoms with Crippen molar-refractivity contribution in [2.75, 3.05) is 26.2 Å². The maximum Gasteiger partial charge on any atom is 0.251 e. The van der Waals surface area contributed by atoms with Crippen LogP contribution in [0.5, 0.6) is 0 Å². The Morgan fingerprint density at radius 3 is 2.66 bits per heavy atom. The molecule has 0 spiro atoms. The second-order valence-electron chi connectivity index (χ2n) is 7.95. The Morgan fingerprint density at radius 1 is 1.07 bits per heavy atom. The van der Waals surface area contributed by atoms with Crippen LogP contribution in [0.3, 0.4) is 0 Å². The molecule has 1 aliphatic rings. The van der Waals surface area contributed by atoms with Gasteiger partial charge in [0.15, 0.2) is 0 Å². The van der Waals surface area contributed by atoms with Crippen LogP contribution >= 0.6 is 0 Å². The molecule has 6 heteroatoms. The molecule has 1 N–H and O–H groups in total. The number of likely N-dealkylation sites (tertiary alicyclic amines) is 1. The highest BCUT2D eigenvalue weighted by Gasteiger charge is 2.12. The van der Waals surface area contributed by atoms with E-state index in [0.717, 1.165) is 24.0 Å². The van der Waals surface area contributed by atoms with E-state index >= 15 is 0 Å². The maximum absolute atomic E-state index is 12.5. The van der Waals surface area contributed by atoms with E-state index in [1.807, 2.05) is 22.9 Å². The number of aromatic nitrogens is 3. The molecule has 2 aromatic carbocycles. The standard InChI is InChI=1S/C23H29N5O/c1-18-6-8-19(9-7-18)17-28-22-11-10-20(16-21(22)25-26-28)23(29)24-12-5-15-27-13-3-2-4-14-27/h6-11,16H,2-5,12-15,17H2,1H3,(H,24,29). The van der Waals surface area contributed by atoms with Crippen LogP contribution in [-0.2, 0) is 6.54 Å². The van der Waals surface area contributed by atoms with Gasteiger partial charge in [0.25, 0.3) is 5.91 Å². The van der Waals surface area contributed by atoms with Gasteiger partial charge in [-0.1, -0.05) is 41.5 Å². The lowest BCUT2D eigenvalue weighted by molar-refractivity contribution is 0.0951. The highest BCUT2D eigenvalue weighted by atomic mass is 16.1. The topological polar surface area (TPSA) is 63.1 Å². The van der Waals surface area contributed by atoms with E-state index in [9.17, 15) is 4.79 Å². The van der Waals surface area contributed by atoms with Gasteiger partial charge in [0.05, 0.1) is 12.1 Å². The summed E-state index contributed by atoms with van der Waals surface area (Å²) in [5.41, 5.74) is 4.74. The third-order valence-corrected chi connectivity index (χ3v) is 5.61. The molecule has 0 atom stereocenters. The predicted molar refractivity (Wildman–Crippen MR) is 115 cm³/mol. The fourth-order valence-electron chi connectivity index (χ4n) is 3.89. The molecule has 1 aromatic heterocycles. The first-order valence-corrected chi connectivity index (χ1v) is 10.6. The highest BCUT2D eigenvalue weighted by molar-refractivity contribution is 5.97. The monoisotopic (exact) mass is 391 g/mol. The van der Waals surface area contributed by atoms with Gasteiger partial charge in [-0.3, -0.25) is 4.79 Å². The molecule has 1 aliphatic heterocycles. The Labute approximate surface area is 171 Å². The first kappa shape index (κ1) is 19.6. The number of carbonyl (C=O) groups excluding carboxylic acids is 1. The molecule has 0 aliphatic carbocycles. The Kier molecular flexibility index (Phi) is 6.20. The number of piperidine rings is 1. The number of nitrogens with one attached hydrogen (secondary N) is 1. The van der Waals surface area contributed by atoms with Gasteiger partial charge in [-0.2, -0.15) is 0 Å². The van der Waals surface area contributed by atoms with Crippen molar-refractivity contribution in [3.8, 4) is 0 Å². The smallest absolute Gasteiger partial charge is 0.251 e. The molecule has 3 aromatic rings. The van der Waals surface area contributed by atoms with Crippen molar-refractivity contribution in [1.29, 1.82) is 0 Å². The van der Waals surface area contributed by atoms with Gasteiger partial charge in [-0.05, 0) is 69.6 Å². The van der Waals surface area contributed by atoms with Crippen molar-refractivity contribution in [1.82, 2.24) is 25.2 Å². The summed E-state index contributed by atoms with van der Waals surface area (Å²) in [5.74, 6) is -0.0429. The second kappa shape index (κ2) is 9.18. The van der Waals surface area contributed by atoms with E-state index in [-0.39, 0.29) is 5.91 Å². The summed E-state index contributed by atoms with van der Waals surface area (Å²) < 4.78 is 1.88. The van der Waals surface area contributed by atoms with Crippen LogP contribution in [0.15, 0.2) is 42.5 Å². The molecule has 4 rings (SSSR count). The molecular formula is C23H29N5O.